The molecule has 0 fully saturated rings. The Morgan fingerprint density at radius 3 is 1.94 bits per heavy atom. The average molecular weight is 232 g/mol. The highest BCUT2D eigenvalue weighted by Crippen LogP contribution is 2.14. The van der Waals surface area contributed by atoms with Crippen LogP contribution in [-0.4, -0.2) is 5.78 Å². The van der Waals surface area contributed by atoms with Gasteiger partial charge in [-0.3, -0.25) is 4.79 Å². The first-order valence-electron chi connectivity index (χ1n) is 5.14. The quantitative estimate of drug-likeness (QED) is 0.724. The minimum atomic E-state index is -0.750. The van der Waals surface area contributed by atoms with Crippen LogP contribution in [0.5, 0.6) is 0 Å². The zero-order valence-corrected chi connectivity index (χ0v) is 9.21. The summed E-state index contributed by atoms with van der Waals surface area (Å²) < 4.78 is 26.0. The van der Waals surface area contributed by atoms with Crippen molar-refractivity contribution in [3.63, 3.8) is 0 Å². The van der Waals surface area contributed by atoms with Gasteiger partial charge in [0.05, 0.1) is 0 Å². The Bertz CT molecular complexity index is 539. The van der Waals surface area contributed by atoms with Crippen LogP contribution in [0, 0.1) is 18.6 Å². The van der Waals surface area contributed by atoms with Crippen molar-refractivity contribution in [2.75, 3.05) is 0 Å². The van der Waals surface area contributed by atoms with Crippen molar-refractivity contribution in [2.24, 2.45) is 0 Å². The molecule has 0 aliphatic carbocycles. The number of aryl methyl sites for hydroxylation is 1. The van der Waals surface area contributed by atoms with Gasteiger partial charge in [-0.05, 0) is 19.1 Å². The SMILES string of the molecule is Cc1ccc(C(=O)c2cc(F)cc(F)c2)cc1. The van der Waals surface area contributed by atoms with Gasteiger partial charge in [0.2, 0.25) is 0 Å². The molecular weight excluding hydrogens is 222 g/mol. The lowest BCUT2D eigenvalue weighted by atomic mass is 10.0. The zero-order chi connectivity index (χ0) is 12.4. The van der Waals surface area contributed by atoms with Gasteiger partial charge in [0, 0.05) is 17.2 Å². The van der Waals surface area contributed by atoms with E-state index in [2.05, 4.69) is 0 Å². The molecule has 3 heteroatoms. The fourth-order valence-corrected chi connectivity index (χ4v) is 1.56. The predicted octanol–water partition coefficient (Wildman–Crippen LogP) is 3.50. The molecule has 17 heavy (non-hydrogen) atoms. The summed E-state index contributed by atoms with van der Waals surface area (Å²) in [7, 11) is 0. The minimum Gasteiger partial charge on any atom is -0.289 e. The number of ketones is 1. The van der Waals surface area contributed by atoms with E-state index in [1.807, 2.05) is 6.92 Å². The average Bonchev–Trinajstić information content (AvgIpc) is 2.28. The third-order valence-corrected chi connectivity index (χ3v) is 2.44. The molecular formula is C14H10F2O. The molecule has 0 heterocycles. The van der Waals surface area contributed by atoms with E-state index >= 15 is 0 Å². The van der Waals surface area contributed by atoms with Crippen molar-refractivity contribution in [3.8, 4) is 0 Å². The first-order chi connectivity index (χ1) is 8.06. The highest BCUT2D eigenvalue weighted by Gasteiger charge is 2.11. The summed E-state index contributed by atoms with van der Waals surface area (Å²) >= 11 is 0. The van der Waals surface area contributed by atoms with Gasteiger partial charge in [-0.15, -0.1) is 0 Å². The van der Waals surface area contributed by atoms with Gasteiger partial charge in [-0.2, -0.15) is 0 Å². The topological polar surface area (TPSA) is 17.1 Å². The minimum absolute atomic E-state index is 0.0198. The molecule has 0 amide bonds. The number of hydrogen-bond acceptors (Lipinski definition) is 1. The van der Waals surface area contributed by atoms with Crippen LogP contribution in [0.3, 0.4) is 0 Å². The van der Waals surface area contributed by atoms with Gasteiger partial charge in [-0.1, -0.05) is 29.8 Å². The summed E-state index contributed by atoms with van der Waals surface area (Å²) in [5, 5.41) is 0. The van der Waals surface area contributed by atoms with Crippen molar-refractivity contribution < 1.29 is 13.6 Å². The predicted molar refractivity (Wildman–Crippen MR) is 61.0 cm³/mol. The van der Waals surface area contributed by atoms with Crippen LogP contribution in [0.25, 0.3) is 0 Å². The third-order valence-electron chi connectivity index (χ3n) is 2.44. The van der Waals surface area contributed by atoms with Gasteiger partial charge >= 0.3 is 0 Å². The van der Waals surface area contributed by atoms with E-state index in [-0.39, 0.29) is 11.3 Å². The van der Waals surface area contributed by atoms with Gasteiger partial charge < -0.3 is 0 Å². The fraction of sp³-hybridized carbons (Fsp3) is 0.0714. The zero-order valence-electron chi connectivity index (χ0n) is 9.21. The molecule has 0 atom stereocenters. The molecule has 0 spiro atoms. The second-order valence-electron chi connectivity index (χ2n) is 3.85. The van der Waals surface area contributed by atoms with Crippen LogP contribution in [-0.2, 0) is 0 Å². The molecule has 2 rings (SSSR count). The van der Waals surface area contributed by atoms with Crippen molar-refractivity contribution in [1.29, 1.82) is 0 Å². The van der Waals surface area contributed by atoms with Crippen LogP contribution in [0.15, 0.2) is 42.5 Å². The summed E-state index contributed by atoms with van der Waals surface area (Å²) in [5.41, 5.74) is 1.46. The van der Waals surface area contributed by atoms with Crippen LogP contribution >= 0.6 is 0 Å². The monoisotopic (exact) mass is 232 g/mol. The molecule has 0 bridgehead atoms. The highest BCUT2D eigenvalue weighted by molar-refractivity contribution is 6.08. The summed E-state index contributed by atoms with van der Waals surface area (Å²) in [5.74, 6) is -1.88. The van der Waals surface area contributed by atoms with Crippen molar-refractivity contribution in [1.82, 2.24) is 0 Å². The van der Waals surface area contributed by atoms with Crippen molar-refractivity contribution in [3.05, 3.63) is 70.8 Å². The Balaban J connectivity index is 2.40. The Morgan fingerprint density at radius 2 is 1.41 bits per heavy atom. The maximum atomic E-state index is 13.0. The van der Waals surface area contributed by atoms with E-state index in [1.165, 1.54) is 0 Å². The molecule has 0 N–H and O–H groups in total. The Morgan fingerprint density at radius 1 is 0.882 bits per heavy atom. The third kappa shape index (κ3) is 2.56. The largest absolute Gasteiger partial charge is 0.289 e. The molecule has 0 saturated heterocycles. The molecule has 0 unspecified atom stereocenters. The Labute approximate surface area is 97.7 Å². The van der Waals surface area contributed by atoms with Crippen LogP contribution in [0.1, 0.15) is 21.5 Å². The molecule has 0 saturated carbocycles. The standard InChI is InChI=1S/C14H10F2O/c1-9-2-4-10(5-3-9)14(17)11-6-12(15)8-13(16)7-11/h2-8H,1H3. The van der Waals surface area contributed by atoms with E-state index < -0.39 is 11.6 Å². The molecule has 2 aromatic carbocycles. The summed E-state index contributed by atoms with van der Waals surface area (Å²) in [6, 6.07) is 9.65. The van der Waals surface area contributed by atoms with E-state index in [4.69, 9.17) is 0 Å². The van der Waals surface area contributed by atoms with E-state index in [9.17, 15) is 13.6 Å². The Hall–Kier alpha value is -2.03. The van der Waals surface area contributed by atoms with E-state index in [0.717, 1.165) is 23.8 Å². The lowest BCUT2D eigenvalue weighted by Crippen LogP contribution is -2.02. The molecule has 0 radical (unpaired) electrons. The Kier molecular flexibility index (Phi) is 3.00. The molecule has 0 aromatic heterocycles. The summed E-state index contributed by atoms with van der Waals surface area (Å²) in [4.78, 5) is 11.9. The first-order valence-corrected chi connectivity index (χ1v) is 5.14. The number of carbonyl (C=O) groups is 1. The smallest absolute Gasteiger partial charge is 0.193 e. The molecule has 1 nitrogen and oxygen atoms in total. The maximum Gasteiger partial charge on any atom is 0.193 e. The molecule has 0 aliphatic rings. The van der Waals surface area contributed by atoms with Crippen molar-refractivity contribution in [2.45, 2.75) is 6.92 Å². The lowest BCUT2D eigenvalue weighted by Gasteiger charge is -2.02. The second-order valence-corrected chi connectivity index (χ2v) is 3.85. The second kappa shape index (κ2) is 4.45. The number of hydrogen-bond donors (Lipinski definition) is 0. The molecule has 2 aromatic rings. The lowest BCUT2D eigenvalue weighted by molar-refractivity contribution is 0.103. The van der Waals surface area contributed by atoms with Crippen LogP contribution < -0.4 is 0 Å². The summed E-state index contributed by atoms with van der Waals surface area (Å²) in [6.45, 7) is 1.90. The van der Waals surface area contributed by atoms with Gasteiger partial charge in [0.15, 0.2) is 5.78 Å². The highest BCUT2D eigenvalue weighted by atomic mass is 19.1. The van der Waals surface area contributed by atoms with Gasteiger partial charge in [0.25, 0.3) is 0 Å². The normalized spacial score (nSPS) is 10.3. The number of carbonyl (C=O) groups excluding carboxylic acids is 1. The first kappa shape index (κ1) is 11.5. The number of benzene rings is 2. The van der Waals surface area contributed by atoms with Crippen LogP contribution in [0.4, 0.5) is 8.78 Å². The van der Waals surface area contributed by atoms with Crippen molar-refractivity contribution >= 4 is 5.78 Å². The van der Waals surface area contributed by atoms with Crippen LogP contribution in [0.2, 0.25) is 0 Å². The molecule has 0 aliphatic heterocycles. The fourth-order valence-electron chi connectivity index (χ4n) is 1.56. The van der Waals surface area contributed by atoms with E-state index in [1.54, 1.807) is 24.3 Å². The van der Waals surface area contributed by atoms with E-state index in [0.29, 0.717) is 5.56 Å². The maximum absolute atomic E-state index is 13.0. The number of rotatable bonds is 2. The molecule has 86 valence electrons. The van der Waals surface area contributed by atoms with Gasteiger partial charge in [0.1, 0.15) is 11.6 Å². The van der Waals surface area contributed by atoms with Gasteiger partial charge in [-0.25, -0.2) is 8.78 Å². The number of halogens is 2. The summed E-state index contributed by atoms with van der Waals surface area (Å²) in [6.07, 6.45) is 0.